The van der Waals surface area contributed by atoms with Gasteiger partial charge < -0.3 is 5.32 Å². The van der Waals surface area contributed by atoms with E-state index in [0.717, 1.165) is 25.0 Å². The Bertz CT molecular complexity index is 683. The third-order valence-electron chi connectivity index (χ3n) is 6.01. The minimum Gasteiger partial charge on any atom is -0.317 e. The Morgan fingerprint density at radius 3 is 2.88 bits per heavy atom. The van der Waals surface area contributed by atoms with Gasteiger partial charge in [-0.15, -0.1) is 11.3 Å². The third-order valence-corrected chi connectivity index (χ3v) is 7.89. The maximum absolute atomic E-state index is 4.70. The fourth-order valence-electron chi connectivity index (χ4n) is 4.31. The van der Waals surface area contributed by atoms with Crippen LogP contribution in [-0.4, -0.2) is 29.0 Å². The van der Waals surface area contributed by atoms with Crippen molar-refractivity contribution in [1.29, 1.82) is 0 Å². The maximum atomic E-state index is 4.70. The molecule has 1 atom stereocenters. The monoisotopic (exact) mass is 359 g/mol. The van der Waals surface area contributed by atoms with Crippen molar-refractivity contribution in [3.63, 3.8) is 0 Å². The Kier molecular flexibility index (Phi) is 4.01. The van der Waals surface area contributed by atoms with Gasteiger partial charge in [0, 0.05) is 36.1 Å². The molecular weight excluding hydrogens is 334 g/mol. The lowest BCUT2D eigenvalue weighted by molar-refractivity contribution is 0.189. The van der Waals surface area contributed by atoms with Crippen molar-refractivity contribution in [1.82, 2.24) is 15.2 Å². The summed E-state index contributed by atoms with van der Waals surface area (Å²) in [5.74, 6) is 0.783. The molecule has 128 valence electrons. The van der Waals surface area contributed by atoms with Crippen LogP contribution >= 0.6 is 22.7 Å². The Labute approximate surface area is 152 Å². The van der Waals surface area contributed by atoms with E-state index in [2.05, 4.69) is 33.2 Å². The molecule has 1 spiro atoms. The van der Waals surface area contributed by atoms with E-state index in [9.17, 15) is 0 Å². The average molecular weight is 360 g/mol. The number of thiophene rings is 1. The van der Waals surface area contributed by atoms with Crippen molar-refractivity contribution in [2.75, 3.05) is 13.1 Å². The summed E-state index contributed by atoms with van der Waals surface area (Å²) in [5, 5.41) is 9.43. The lowest BCUT2D eigenvalue weighted by atomic mass is 9.93. The number of nitrogens with zero attached hydrogens (tertiary/aromatic N) is 2. The van der Waals surface area contributed by atoms with Crippen LogP contribution in [0.25, 0.3) is 0 Å². The van der Waals surface area contributed by atoms with Crippen molar-refractivity contribution in [2.24, 2.45) is 5.41 Å². The van der Waals surface area contributed by atoms with Gasteiger partial charge in [0.1, 0.15) is 0 Å². The molecular formula is C19H25N3S2. The van der Waals surface area contributed by atoms with Gasteiger partial charge in [-0.2, -0.15) is 11.3 Å². The highest BCUT2D eigenvalue weighted by molar-refractivity contribution is 7.11. The van der Waals surface area contributed by atoms with Crippen molar-refractivity contribution in [3.8, 4) is 0 Å². The van der Waals surface area contributed by atoms with Crippen LogP contribution in [-0.2, 0) is 13.1 Å². The predicted octanol–water partition coefficient (Wildman–Crippen LogP) is 4.23. The molecule has 1 unspecified atom stereocenters. The van der Waals surface area contributed by atoms with Crippen molar-refractivity contribution in [3.05, 3.63) is 38.5 Å². The van der Waals surface area contributed by atoms with Gasteiger partial charge >= 0.3 is 0 Å². The number of nitrogens with one attached hydrogen (secondary N) is 1. The summed E-state index contributed by atoms with van der Waals surface area (Å²) in [6, 6.07) is 3.06. The second-order valence-electron chi connectivity index (χ2n) is 7.81. The summed E-state index contributed by atoms with van der Waals surface area (Å²) in [5.41, 5.74) is 2.08. The molecule has 3 nitrogen and oxygen atoms in total. The van der Waals surface area contributed by atoms with Crippen molar-refractivity contribution >= 4 is 22.7 Å². The third kappa shape index (κ3) is 3.07. The highest BCUT2D eigenvalue weighted by atomic mass is 32.1. The molecule has 1 N–H and O–H groups in total. The Balaban J connectivity index is 1.33. The molecule has 5 rings (SSSR count). The molecule has 2 aromatic rings. The quantitative estimate of drug-likeness (QED) is 0.837. The van der Waals surface area contributed by atoms with Crippen LogP contribution in [0.5, 0.6) is 0 Å². The first-order valence-corrected chi connectivity index (χ1v) is 11.0. The van der Waals surface area contributed by atoms with E-state index in [0.29, 0.717) is 5.41 Å². The molecule has 0 aromatic carbocycles. The molecule has 3 fully saturated rings. The second kappa shape index (κ2) is 6.20. The molecule has 3 heterocycles. The molecule has 1 saturated heterocycles. The first-order chi connectivity index (χ1) is 11.8. The summed E-state index contributed by atoms with van der Waals surface area (Å²) in [6.07, 6.45) is 8.96. The van der Waals surface area contributed by atoms with Gasteiger partial charge in [0.2, 0.25) is 0 Å². The fraction of sp³-hybridized carbons (Fsp3) is 0.632. The van der Waals surface area contributed by atoms with E-state index in [-0.39, 0.29) is 0 Å². The summed E-state index contributed by atoms with van der Waals surface area (Å²) < 4.78 is 0. The van der Waals surface area contributed by atoms with Crippen LogP contribution in [0.15, 0.2) is 23.0 Å². The van der Waals surface area contributed by atoms with Gasteiger partial charge in [0.15, 0.2) is 0 Å². The zero-order valence-electron chi connectivity index (χ0n) is 14.0. The normalized spacial score (nSPS) is 25.5. The fourth-order valence-corrected chi connectivity index (χ4v) is 6.08. The molecule has 0 bridgehead atoms. The summed E-state index contributed by atoms with van der Waals surface area (Å²) >= 11 is 3.78. The van der Waals surface area contributed by atoms with Crippen LogP contribution in [0.2, 0.25) is 0 Å². The zero-order chi connectivity index (χ0) is 16.0. The van der Waals surface area contributed by atoms with E-state index in [1.165, 1.54) is 60.6 Å². The highest BCUT2D eigenvalue weighted by Crippen LogP contribution is 2.56. The highest BCUT2D eigenvalue weighted by Gasteiger charge is 2.56. The number of hydrogen-bond acceptors (Lipinski definition) is 5. The number of thiazole rings is 1. The summed E-state index contributed by atoms with van der Waals surface area (Å²) in [7, 11) is 0. The lowest BCUT2D eigenvalue weighted by Gasteiger charge is -2.29. The zero-order valence-corrected chi connectivity index (χ0v) is 15.7. The van der Waals surface area contributed by atoms with Crippen LogP contribution in [0.1, 0.15) is 53.5 Å². The number of hydrogen-bond donors (Lipinski definition) is 1. The first-order valence-electron chi connectivity index (χ1n) is 9.23. The van der Waals surface area contributed by atoms with Crippen LogP contribution in [0.3, 0.4) is 0 Å². The molecule has 0 radical (unpaired) electrons. The van der Waals surface area contributed by atoms with Crippen LogP contribution in [0.4, 0.5) is 0 Å². The molecule has 3 aliphatic rings. The Morgan fingerprint density at radius 1 is 1.25 bits per heavy atom. The molecule has 0 amide bonds. The van der Waals surface area contributed by atoms with Crippen molar-refractivity contribution < 1.29 is 0 Å². The SMILES string of the molecule is c1cc(CN(Cc2cnc(C3CC3)s2)C2CC23CCNCC3)cs1. The standard InChI is InChI=1S/C19H25N3S2/c1-2-15(1)18-21-10-16(24-18)12-22(11-14-3-8-23-13-14)17-9-19(17)4-6-20-7-5-19/h3,8,10,13,15,17,20H,1-2,4-7,9,11-12H2. The average Bonchev–Trinajstić information content (AvgIpc) is 3.44. The number of rotatable bonds is 6. The van der Waals surface area contributed by atoms with Gasteiger partial charge in [-0.1, -0.05) is 0 Å². The van der Waals surface area contributed by atoms with Gasteiger partial charge in [-0.25, -0.2) is 4.98 Å². The van der Waals surface area contributed by atoms with E-state index in [1.54, 1.807) is 0 Å². The Morgan fingerprint density at radius 2 is 2.12 bits per heavy atom. The smallest absolute Gasteiger partial charge is 0.0959 e. The van der Waals surface area contributed by atoms with Gasteiger partial charge in [0.05, 0.1) is 5.01 Å². The predicted molar refractivity (Wildman–Crippen MR) is 101 cm³/mol. The number of aromatic nitrogens is 1. The maximum Gasteiger partial charge on any atom is 0.0959 e. The van der Waals surface area contributed by atoms with E-state index < -0.39 is 0 Å². The minimum atomic E-state index is 0.602. The molecule has 24 heavy (non-hydrogen) atoms. The van der Waals surface area contributed by atoms with Gasteiger partial charge in [-0.05, 0) is 73.0 Å². The second-order valence-corrected chi connectivity index (χ2v) is 9.73. The first kappa shape index (κ1) is 15.5. The topological polar surface area (TPSA) is 28.2 Å². The number of piperidine rings is 1. The molecule has 5 heteroatoms. The summed E-state index contributed by atoms with van der Waals surface area (Å²) in [4.78, 5) is 8.90. The summed E-state index contributed by atoms with van der Waals surface area (Å²) in [6.45, 7) is 4.59. The van der Waals surface area contributed by atoms with E-state index >= 15 is 0 Å². The lowest BCUT2D eigenvalue weighted by Crippen LogP contribution is -2.35. The molecule has 2 aliphatic carbocycles. The van der Waals surface area contributed by atoms with Gasteiger partial charge in [-0.3, -0.25) is 4.90 Å². The largest absolute Gasteiger partial charge is 0.317 e. The molecule has 2 saturated carbocycles. The van der Waals surface area contributed by atoms with Crippen LogP contribution < -0.4 is 5.32 Å². The van der Waals surface area contributed by atoms with Crippen LogP contribution in [0, 0.1) is 5.41 Å². The molecule has 2 aromatic heterocycles. The minimum absolute atomic E-state index is 0.602. The van der Waals surface area contributed by atoms with E-state index in [1.807, 2.05) is 22.7 Å². The van der Waals surface area contributed by atoms with E-state index in [4.69, 9.17) is 4.98 Å². The Hall–Kier alpha value is -0.750. The van der Waals surface area contributed by atoms with Gasteiger partial charge in [0.25, 0.3) is 0 Å². The molecule has 1 aliphatic heterocycles. The van der Waals surface area contributed by atoms with Crippen molar-refractivity contribution in [2.45, 2.75) is 57.2 Å².